The molecule has 1 heterocycles. The highest BCUT2D eigenvalue weighted by atomic mass is 35.5. The lowest BCUT2D eigenvalue weighted by atomic mass is 10.1. The number of nitrogens with zero attached hydrogens (tertiary/aromatic N) is 3. The van der Waals surface area contributed by atoms with E-state index in [0.717, 1.165) is 29.6 Å². The minimum absolute atomic E-state index is 0.140. The van der Waals surface area contributed by atoms with E-state index in [-0.39, 0.29) is 6.04 Å². The van der Waals surface area contributed by atoms with Gasteiger partial charge in [-0.25, -0.2) is 4.98 Å². The van der Waals surface area contributed by atoms with Crippen molar-refractivity contribution in [2.24, 2.45) is 11.7 Å². The van der Waals surface area contributed by atoms with Crippen LogP contribution in [0.25, 0.3) is 0 Å². The van der Waals surface area contributed by atoms with Crippen molar-refractivity contribution in [1.82, 2.24) is 14.5 Å². The number of halogens is 1. The van der Waals surface area contributed by atoms with Crippen molar-refractivity contribution in [1.29, 1.82) is 0 Å². The monoisotopic (exact) mass is 394 g/mol. The summed E-state index contributed by atoms with van der Waals surface area (Å²) in [6.45, 7) is 14.5. The Bertz CT molecular complexity index is 607. The SMILES string of the molecule is CC.CC(C)CN(C)C.Cc1cc(Cl)cc(Cn2cncc2CC(C)N)c1. The topological polar surface area (TPSA) is 47.1 Å². The lowest BCUT2D eigenvalue weighted by Gasteiger charge is -2.11. The number of nitrogens with two attached hydrogens (primary N) is 1. The van der Waals surface area contributed by atoms with E-state index in [1.165, 1.54) is 17.7 Å². The Morgan fingerprint density at radius 3 is 2.22 bits per heavy atom. The Hall–Kier alpha value is -1.36. The molecule has 1 aromatic heterocycles. The summed E-state index contributed by atoms with van der Waals surface area (Å²) in [7, 11) is 4.19. The van der Waals surface area contributed by atoms with Crippen molar-refractivity contribution in [3.8, 4) is 0 Å². The maximum absolute atomic E-state index is 6.07. The molecule has 0 bridgehead atoms. The molecule has 2 rings (SSSR count). The molecule has 4 nitrogen and oxygen atoms in total. The summed E-state index contributed by atoms with van der Waals surface area (Å²) in [6, 6.07) is 6.23. The second-order valence-corrected chi connectivity index (χ2v) is 7.92. The normalized spacial score (nSPS) is 11.6. The summed E-state index contributed by atoms with van der Waals surface area (Å²) < 4.78 is 2.12. The first-order valence-corrected chi connectivity index (χ1v) is 10.2. The van der Waals surface area contributed by atoms with Crippen LogP contribution in [0.3, 0.4) is 0 Å². The van der Waals surface area contributed by atoms with Crippen molar-refractivity contribution < 1.29 is 0 Å². The molecule has 27 heavy (non-hydrogen) atoms. The smallest absolute Gasteiger partial charge is 0.0951 e. The molecule has 154 valence electrons. The number of imidazole rings is 1. The van der Waals surface area contributed by atoms with Crippen LogP contribution in [-0.2, 0) is 13.0 Å². The second kappa shape index (κ2) is 13.8. The quantitative estimate of drug-likeness (QED) is 0.748. The molecule has 0 amide bonds. The number of aryl methyl sites for hydroxylation is 1. The maximum Gasteiger partial charge on any atom is 0.0951 e. The summed E-state index contributed by atoms with van der Waals surface area (Å²) >= 11 is 6.07. The van der Waals surface area contributed by atoms with Crippen molar-refractivity contribution in [2.45, 2.75) is 60.5 Å². The van der Waals surface area contributed by atoms with Crippen LogP contribution < -0.4 is 5.73 Å². The summed E-state index contributed by atoms with van der Waals surface area (Å²) in [6.07, 6.45) is 4.55. The van der Waals surface area contributed by atoms with Crippen LogP contribution in [0.1, 0.15) is 51.4 Å². The predicted molar refractivity (Wildman–Crippen MR) is 120 cm³/mol. The number of hydrogen-bond donors (Lipinski definition) is 1. The van der Waals surface area contributed by atoms with Gasteiger partial charge in [0.2, 0.25) is 0 Å². The molecule has 0 saturated carbocycles. The van der Waals surface area contributed by atoms with Gasteiger partial charge in [-0.3, -0.25) is 0 Å². The Labute approximate surface area is 171 Å². The van der Waals surface area contributed by atoms with Crippen LogP contribution in [0.2, 0.25) is 5.02 Å². The van der Waals surface area contributed by atoms with E-state index in [4.69, 9.17) is 17.3 Å². The molecule has 1 aromatic carbocycles. The summed E-state index contributed by atoms with van der Waals surface area (Å²) in [5.74, 6) is 0.801. The summed E-state index contributed by atoms with van der Waals surface area (Å²) in [5.41, 5.74) is 9.34. The van der Waals surface area contributed by atoms with Crippen LogP contribution >= 0.6 is 11.6 Å². The molecule has 0 aliphatic rings. The minimum Gasteiger partial charge on any atom is -0.330 e. The van der Waals surface area contributed by atoms with E-state index in [0.29, 0.717) is 0 Å². The summed E-state index contributed by atoms with van der Waals surface area (Å²) in [5, 5.41) is 0.777. The third-order valence-electron chi connectivity index (χ3n) is 3.51. The van der Waals surface area contributed by atoms with E-state index >= 15 is 0 Å². The second-order valence-electron chi connectivity index (χ2n) is 7.49. The molecule has 5 heteroatoms. The Morgan fingerprint density at radius 1 is 1.15 bits per heavy atom. The maximum atomic E-state index is 6.07. The first-order valence-electron chi connectivity index (χ1n) is 9.82. The van der Waals surface area contributed by atoms with Crippen molar-refractivity contribution >= 4 is 11.6 Å². The van der Waals surface area contributed by atoms with Crippen molar-refractivity contribution in [3.63, 3.8) is 0 Å². The highest BCUT2D eigenvalue weighted by Crippen LogP contribution is 2.16. The van der Waals surface area contributed by atoms with Crippen molar-refractivity contribution in [2.75, 3.05) is 20.6 Å². The Balaban J connectivity index is 0.000000637. The van der Waals surface area contributed by atoms with Gasteiger partial charge in [0.1, 0.15) is 0 Å². The molecular weight excluding hydrogens is 356 g/mol. The Kier molecular flexibility index (Phi) is 13.1. The zero-order chi connectivity index (χ0) is 21.0. The molecule has 0 saturated heterocycles. The zero-order valence-electron chi connectivity index (χ0n) is 18.5. The first-order chi connectivity index (χ1) is 12.7. The van der Waals surface area contributed by atoms with Gasteiger partial charge < -0.3 is 15.2 Å². The van der Waals surface area contributed by atoms with Gasteiger partial charge in [-0.2, -0.15) is 0 Å². The molecule has 2 N–H and O–H groups in total. The fourth-order valence-corrected chi connectivity index (χ4v) is 3.13. The van der Waals surface area contributed by atoms with Gasteiger partial charge in [-0.05, 0) is 63.7 Å². The standard InChI is InChI=1S/C14H18ClN3.C6H15N.C2H6/c1-10-3-12(6-13(15)4-10)8-18-9-17-7-14(18)5-11(2)16;1-6(2)5-7(3)4;1-2/h3-4,6-7,9,11H,5,8,16H2,1-2H3;6H,5H2,1-4H3;1-2H3. The molecule has 0 spiro atoms. The molecule has 0 fully saturated rings. The average Bonchev–Trinajstić information content (AvgIpc) is 2.93. The van der Waals surface area contributed by atoms with Gasteiger partial charge in [-0.1, -0.05) is 45.4 Å². The van der Waals surface area contributed by atoms with Gasteiger partial charge in [0.15, 0.2) is 0 Å². The van der Waals surface area contributed by atoms with Gasteiger partial charge in [0, 0.05) is 35.9 Å². The third kappa shape index (κ3) is 11.9. The first kappa shape index (κ1) is 25.6. The Morgan fingerprint density at radius 2 is 1.78 bits per heavy atom. The molecule has 1 atom stereocenters. The van der Waals surface area contributed by atoms with E-state index in [2.05, 4.69) is 48.5 Å². The minimum atomic E-state index is 0.140. The molecule has 0 aliphatic heterocycles. The van der Waals surface area contributed by atoms with Gasteiger partial charge in [0.25, 0.3) is 0 Å². The number of hydrogen-bond acceptors (Lipinski definition) is 3. The highest BCUT2D eigenvalue weighted by molar-refractivity contribution is 6.30. The van der Waals surface area contributed by atoms with Crippen LogP contribution in [0.15, 0.2) is 30.7 Å². The molecule has 2 aromatic rings. The number of aromatic nitrogens is 2. The lowest BCUT2D eigenvalue weighted by molar-refractivity contribution is 0.354. The largest absolute Gasteiger partial charge is 0.330 e. The third-order valence-corrected chi connectivity index (χ3v) is 3.73. The molecule has 0 radical (unpaired) electrons. The predicted octanol–water partition coefficient (Wildman–Crippen LogP) is 5.01. The van der Waals surface area contributed by atoms with E-state index in [1.54, 1.807) is 0 Å². The van der Waals surface area contributed by atoms with Crippen LogP contribution in [-0.4, -0.2) is 41.1 Å². The number of rotatable bonds is 6. The van der Waals surface area contributed by atoms with E-state index in [9.17, 15) is 0 Å². The zero-order valence-corrected chi connectivity index (χ0v) is 19.2. The number of benzene rings is 1. The fourth-order valence-electron chi connectivity index (χ4n) is 2.82. The van der Waals surface area contributed by atoms with Gasteiger partial charge in [-0.15, -0.1) is 0 Å². The average molecular weight is 395 g/mol. The van der Waals surface area contributed by atoms with Gasteiger partial charge in [0.05, 0.1) is 6.33 Å². The fraction of sp³-hybridized carbons (Fsp3) is 0.591. The summed E-state index contributed by atoms with van der Waals surface area (Å²) in [4.78, 5) is 6.39. The van der Waals surface area contributed by atoms with Crippen molar-refractivity contribution in [3.05, 3.63) is 52.6 Å². The van der Waals surface area contributed by atoms with Crippen LogP contribution in [0.4, 0.5) is 0 Å². The van der Waals surface area contributed by atoms with Gasteiger partial charge >= 0.3 is 0 Å². The molecule has 0 aliphatic carbocycles. The van der Waals surface area contributed by atoms with Crippen LogP contribution in [0, 0.1) is 12.8 Å². The van der Waals surface area contributed by atoms with E-state index in [1.807, 2.05) is 52.4 Å². The molecule has 1 unspecified atom stereocenters. The molecular formula is C22H39ClN4. The van der Waals surface area contributed by atoms with E-state index < -0.39 is 0 Å². The van der Waals surface area contributed by atoms with Crippen LogP contribution in [0.5, 0.6) is 0 Å². The highest BCUT2D eigenvalue weighted by Gasteiger charge is 2.06. The lowest BCUT2D eigenvalue weighted by Crippen LogP contribution is -2.20.